The summed E-state index contributed by atoms with van der Waals surface area (Å²) in [6.45, 7) is 7.68. The van der Waals surface area contributed by atoms with Crippen LogP contribution in [0.2, 0.25) is 0 Å². The topological polar surface area (TPSA) is 90.0 Å². The van der Waals surface area contributed by atoms with Crippen LogP contribution in [-0.2, 0) is 21.2 Å². The third-order valence-electron chi connectivity index (χ3n) is 4.99. The Hall–Kier alpha value is -1.64. The predicted octanol–water partition coefficient (Wildman–Crippen LogP) is 1.48. The first-order valence-electron chi connectivity index (χ1n) is 9.04. The van der Waals surface area contributed by atoms with Crippen LogP contribution in [0.25, 0.3) is 0 Å². The van der Waals surface area contributed by atoms with Gasteiger partial charge in [0.25, 0.3) is 0 Å². The SMILES string of the molecule is CCc1ccccc1N1CCN(S(=O)(=O)CC(C(=O)NO)C(C)C)CC1. The van der Waals surface area contributed by atoms with Gasteiger partial charge < -0.3 is 4.90 Å². The Kier molecular flexibility index (Phi) is 7.02. The number of para-hydroxylation sites is 1. The number of carbonyl (C=O) groups is 1. The summed E-state index contributed by atoms with van der Waals surface area (Å²) in [5, 5.41) is 8.86. The molecule has 146 valence electrons. The molecular formula is C18H29N3O4S. The third-order valence-corrected chi connectivity index (χ3v) is 6.92. The molecular weight excluding hydrogens is 354 g/mol. The average Bonchev–Trinajstić information content (AvgIpc) is 2.65. The Morgan fingerprint density at radius 1 is 1.19 bits per heavy atom. The number of sulfonamides is 1. The molecule has 0 bridgehead atoms. The summed E-state index contributed by atoms with van der Waals surface area (Å²) >= 11 is 0. The van der Waals surface area contributed by atoms with Gasteiger partial charge >= 0.3 is 0 Å². The standard InChI is InChI=1S/C18H29N3O4S/c1-4-15-7-5-6-8-17(15)20-9-11-21(12-10-20)26(24,25)13-16(14(2)3)18(22)19-23/h5-8,14,16,23H,4,9-13H2,1-3H3,(H,19,22). The second kappa shape index (κ2) is 8.83. The molecule has 1 unspecified atom stereocenters. The maximum atomic E-state index is 12.7. The lowest BCUT2D eigenvalue weighted by Crippen LogP contribution is -2.51. The Labute approximate surface area is 156 Å². The van der Waals surface area contributed by atoms with Gasteiger partial charge in [-0.05, 0) is 24.0 Å². The van der Waals surface area contributed by atoms with E-state index in [-0.39, 0.29) is 11.7 Å². The maximum Gasteiger partial charge on any atom is 0.247 e. The maximum absolute atomic E-state index is 12.7. The van der Waals surface area contributed by atoms with Gasteiger partial charge in [-0.25, -0.2) is 13.9 Å². The number of carbonyl (C=O) groups excluding carboxylic acids is 1. The highest BCUT2D eigenvalue weighted by Crippen LogP contribution is 2.24. The van der Waals surface area contributed by atoms with E-state index in [0.29, 0.717) is 26.2 Å². The third kappa shape index (κ3) is 4.75. The molecule has 1 heterocycles. The van der Waals surface area contributed by atoms with Gasteiger partial charge in [0, 0.05) is 31.9 Å². The first-order valence-corrected chi connectivity index (χ1v) is 10.7. The molecule has 1 aromatic rings. The fourth-order valence-corrected chi connectivity index (χ4v) is 5.23. The van der Waals surface area contributed by atoms with Gasteiger partial charge in [-0.15, -0.1) is 0 Å². The molecule has 1 saturated heterocycles. The van der Waals surface area contributed by atoms with Crippen molar-refractivity contribution in [2.75, 3.05) is 36.8 Å². The molecule has 0 spiro atoms. The molecule has 1 atom stereocenters. The van der Waals surface area contributed by atoms with Crippen LogP contribution < -0.4 is 10.4 Å². The Morgan fingerprint density at radius 3 is 2.35 bits per heavy atom. The molecule has 1 aromatic carbocycles. The number of nitrogens with one attached hydrogen (secondary N) is 1. The number of hydrogen-bond acceptors (Lipinski definition) is 5. The number of hydroxylamine groups is 1. The van der Waals surface area contributed by atoms with Gasteiger partial charge in [0.05, 0.1) is 11.7 Å². The van der Waals surface area contributed by atoms with Crippen molar-refractivity contribution in [2.24, 2.45) is 11.8 Å². The molecule has 1 amide bonds. The predicted molar refractivity (Wildman–Crippen MR) is 102 cm³/mol. The van der Waals surface area contributed by atoms with Crippen molar-refractivity contribution in [3.05, 3.63) is 29.8 Å². The molecule has 26 heavy (non-hydrogen) atoms. The van der Waals surface area contributed by atoms with Crippen LogP contribution in [0.15, 0.2) is 24.3 Å². The first-order chi connectivity index (χ1) is 12.3. The molecule has 8 heteroatoms. The highest BCUT2D eigenvalue weighted by Gasteiger charge is 2.33. The van der Waals surface area contributed by atoms with Gasteiger partial charge in [0.15, 0.2) is 0 Å². The van der Waals surface area contributed by atoms with Gasteiger partial charge in [-0.3, -0.25) is 10.0 Å². The number of nitrogens with zero attached hydrogens (tertiary/aromatic N) is 2. The van der Waals surface area contributed by atoms with Crippen LogP contribution in [0.1, 0.15) is 26.3 Å². The van der Waals surface area contributed by atoms with E-state index >= 15 is 0 Å². The van der Waals surface area contributed by atoms with Crippen molar-refractivity contribution in [3.8, 4) is 0 Å². The van der Waals surface area contributed by atoms with E-state index in [1.54, 1.807) is 19.3 Å². The zero-order chi connectivity index (χ0) is 19.3. The monoisotopic (exact) mass is 383 g/mol. The van der Waals surface area contributed by atoms with Gasteiger partial charge in [-0.1, -0.05) is 39.0 Å². The minimum absolute atomic E-state index is 0.186. The van der Waals surface area contributed by atoms with E-state index in [1.165, 1.54) is 9.87 Å². The van der Waals surface area contributed by atoms with Crippen LogP contribution in [0, 0.1) is 11.8 Å². The number of rotatable bonds is 7. The summed E-state index contributed by atoms with van der Waals surface area (Å²) in [5.74, 6) is -1.90. The normalized spacial score (nSPS) is 17.3. The van der Waals surface area contributed by atoms with Crippen molar-refractivity contribution >= 4 is 21.6 Å². The fourth-order valence-electron chi connectivity index (χ4n) is 3.31. The van der Waals surface area contributed by atoms with E-state index < -0.39 is 21.8 Å². The molecule has 2 rings (SSSR count). The summed E-state index contributed by atoms with van der Waals surface area (Å²) in [7, 11) is -3.57. The van der Waals surface area contributed by atoms with Crippen LogP contribution >= 0.6 is 0 Å². The molecule has 0 aliphatic carbocycles. The highest BCUT2D eigenvalue weighted by molar-refractivity contribution is 7.89. The summed E-state index contributed by atoms with van der Waals surface area (Å²) in [6.07, 6.45) is 0.932. The van der Waals surface area contributed by atoms with Crippen LogP contribution in [-0.4, -0.2) is 55.8 Å². The largest absolute Gasteiger partial charge is 0.369 e. The molecule has 1 aliphatic heterocycles. The smallest absolute Gasteiger partial charge is 0.247 e. The number of benzene rings is 1. The lowest BCUT2D eigenvalue weighted by atomic mass is 9.97. The number of amides is 1. The molecule has 7 nitrogen and oxygen atoms in total. The van der Waals surface area contributed by atoms with Crippen LogP contribution in [0.5, 0.6) is 0 Å². The second-order valence-electron chi connectivity index (χ2n) is 6.97. The lowest BCUT2D eigenvalue weighted by molar-refractivity contribution is -0.134. The van der Waals surface area contributed by atoms with Crippen LogP contribution in [0.4, 0.5) is 5.69 Å². The molecule has 0 aromatic heterocycles. The number of aryl methyl sites for hydroxylation is 1. The second-order valence-corrected chi connectivity index (χ2v) is 8.99. The van der Waals surface area contributed by atoms with E-state index in [1.807, 2.05) is 12.1 Å². The van der Waals surface area contributed by atoms with Gasteiger partial charge in [0.2, 0.25) is 15.9 Å². The van der Waals surface area contributed by atoms with Crippen molar-refractivity contribution in [1.29, 1.82) is 0 Å². The van der Waals surface area contributed by atoms with E-state index in [4.69, 9.17) is 5.21 Å². The highest BCUT2D eigenvalue weighted by atomic mass is 32.2. The summed E-state index contributed by atoms with van der Waals surface area (Å²) in [4.78, 5) is 14.0. The quantitative estimate of drug-likeness (QED) is 0.550. The molecule has 0 radical (unpaired) electrons. The number of piperazine rings is 1. The zero-order valence-electron chi connectivity index (χ0n) is 15.7. The Bertz CT molecular complexity index is 713. The van der Waals surface area contributed by atoms with E-state index in [9.17, 15) is 13.2 Å². The Balaban J connectivity index is 2.05. The molecule has 0 saturated carbocycles. The summed E-state index contributed by atoms with van der Waals surface area (Å²) in [6, 6.07) is 8.18. The van der Waals surface area contributed by atoms with Crippen molar-refractivity contribution < 1.29 is 18.4 Å². The number of hydrogen-bond donors (Lipinski definition) is 2. The fraction of sp³-hybridized carbons (Fsp3) is 0.611. The molecule has 1 fully saturated rings. The van der Waals surface area contributed by atoms with Gasteiger partial charge in [0.1, 0.15) is 0 Å². The van der Waals surface area contributed by atoms with E-state index in [0.717, 1.165) is 12.1 Å². The van der Waals surface area contributed by atoms with Crippen molar-refractivity contribution in [2.45, 2.75) is 27.2 Å². The average molecular weight is 384 g/mol. The van der Waals surface area contributed by atoms with Gasteiger partial charge in [-0.2, -0.15) is 4.31 Å². The lowest BCUT2D eigenvalue weighted by Gasteiger charge is -2.37. The van der Waals surface area contributed by atoms with Crippen molar-refractivity contribution in [1.82, 2.24) is 9.79 Å². The molecule has 2 N–H and O–H groups in total. The van der Waals surface area contributed by atoms with Crippen molar-refractivity contribution in [3.63, 3.8) is 0 Å². The zero-order valence-corrected chi connectivity index (χ0v) is 16.5. The summed E-state index contributed by atoms with van der Waals surface area (Å²) in [5.41, 5.74) is 4.00. The van der Waals surface area contributed by atoms with Crippen LogP contribution in [0.3, 0.4) is 0 Å². The Morgan fingerprint density at radius 2 is 1.81 bits per heavy atom. The number of anilines is 1. The minimum Gasteiger partial charge on any atom is -0.369 e. The minimum atomic E-state index is -3.57. The summed E-state index contributed by atoms with van der Waals surface area (Å²) < 4.78 is 26.9. The first kappa shape index (κ1) is 20.7. The molecule has 1 aliphatic rings. The van der Waals surface area contributed by atoms with E-state index in [2.05, 4.69) is 24.0 Å².